The highest BCUT2D eigenvalue weighted by atomic mass is 32.1. The summed E-state index contributed by atoms with van der Waals surface area (Å²) in [5.74, 6) is -0.392. The fraction of sp³-hybridized carbons (Fsp3) is 0.588. The van der Waals surface area contributed by atoms with Crippen molar-refractivity contribution in [3.05, 3.63) is 22.4 Å². The predicted molar refractivity (Wildman–Crippen MR) is 95.6 cm³/mol. The van der Waals surface area contributed by atoms with Crippen molar-refractivity contribution in [2.75, 3.05) is 26.2 Å². The van der Waals surface area contributed by atoms with Crippen LogP contribution in [0.3, 0.4) is 0 Å². The Hall–Kier alpha value is -2.09. The predicted octanol–water partition coefficient (Wildman–Crippen LogP) is 1.95. The molecule has 1 aliphatic rings. The van der Waals surface area contributed by atoms with Gasteiger partial charge in [0.1, 0.15) is 11.6 Å². The minimum absolute atomic E-state index is 0.145. The molecular formula is C17H25N3O4S. The Bertz CT molecular complexity index is 616. The number of nitrogens with zero attached hydrogens (tertiary/aromatic N) is 2. The summed E-state index contributed by atoms with van der Waals surface area (Å²) in [5.41, 5.74) is -0.537. The second-order valence-electron chi connectivity index (χ2n) is 6.97. The third-order valence-electron chi connectivity index (χ3n) is 3.71. The van der Waals surface area contributed by atoms with Crippen LogP contribution < -0.4 is 5.32 Å². The van der Waals surface area contributed by atoms with Crippen LogP contribution in [-0.2, 0) is 9.53 Å². The molecule has 1 atom stereocenters. The molecule has 0 unspecified atom stereocenters. The molecule has 1 fully saturated rings. The minimum atomic E-state index is -0.609. The van der Waals surface area contributed by atoms with Crippen LogP contribution in [0.5, 0.6) is 0 Å². The number of carbonyl (C=O) groups excluding carboxylic acids is 3. The van der Waals surface area contributed by atoms with E-state index in [2.05, 4.69) is 5.32 Å². The molecule has 7 nitrogen and oxygen atoms in total. The van der Waals surface area contributed by atoms with Gasteiger partial charge in [0.15, 0.2) is 0 Å². The van der Waals surface area contributed by atoms with E-state index in [9.17, 15) is 14.4 Å². The monoisotopic (exact) mass is 367 g/mol. The molecule has 1 aromatic rings. The average molecular weight is 367 g/mol. The summed E-state index contributed by atoms with van der Waals surface area (Å²) in [4.78, 5) is 40.4. The quantitative estimate of drug-likeness (QED) is 0.886. The minimum Gasteiger partial charge on any atom is -0.444 e. The van der Waals surface area contributed by atoms with E-state index < -0.39 is 11.6 Å². The molecule has 1 saturated heterocycles. The summed E-state index contributed by atoms with van der Waals surface area (Å²) >= 11 is 1.33. The summed E-state index contributed by atoms with van der Waals surface area (Å²) in [6.07, 6.45) is -0.362. The molecule has 0 aromatic carbocycles. The maximum Gasteiger partial charge on any atom is 0.410 e. The number of thiophene rings is 1. The van der Waals surface area contributed by atoms with Crippen LogP contribution in [0.4, 0.5) is 4.79 Å². The van der Waals surface area contributed by atoms with Crippen molar-refractivity contribution in [2.45, 2.75) is 39.3 Å². The fourth-order valence-electron chi connectivity index (χ4n) is 2.45. The van der Waals surface area contributed by atoms with E-state index in [4.69, 9.17) is 4.74 Å². The number of ether oxygens (including phenoxy) is 1. The Morgan fingerprint density at radius 2 is 1.76 bits per heavy atom. The molecule has 2 heterocycles. The van der Waals surface area contributed by atoms with Crippen molar-refractivity contribution in [2.24, 2.45) is 0 Å². The summed E-state index contributed by atoms with van der Waals surface area (Å²) in [6, 6.07) is 2.90. The first kappa shape index (κ1) is 19.2. The molecule has 25 heavy (non-hydrogen) atoms. The number of rotatable bonds is 3. The third kappa shape index (κ3) is 5.45. The number of carbonyl (C=O) groups is 3. The van der Waals surface area contributed by atoms with Crippen LogP contribution in [0.1, 0.15) is 37.4 Å². The number of hydrogen-bond acceptors (Lipinski definition) is 5. The maximum absolute atomic E-state index is 12.5. The normalized spacial score (nSPS) is 16.3. The first-order valence-corrected chi connectivity index (χ1v) is 9.16. The van der Waals surface area contributed by atoms with Crippen molar-refractivity contribution in [1.82, 2.24) is 15.1 Å². The molecule has 1 aromatic heterocycles. The molecule has 0 bridgehead atoms. The van der Waals surface area contributed by atoms with Crippen LogP contribution in [0.25, 0.3) is 0 Å². The average Bonchev–Trinajstić information content (AvgIpc) is 3.07. The van der Waals surface area contributed by atoms with Crippen molar-refractivity contribution in [1.29, 1.82) is 0 Å². The zero-order valence-corrected chi connectivity index (χ0v) is 15.9. The lowest BCUT2D eigenvalue weighted by atomic mass is 10.2. The van der Waals surface area contributed by atoms with Gasteiger partial charge >= 0.3 is 6.09 Å². The van der Waals surface area contributed by atoms with Gasteiger partial charge in [-0.3, -0.25) is 9.59 Å². The number of piperazine rings is 1. The van der Waals surface area contributed by atoms with Gasteiger partial charge in [-0.2, -0.15) is 0 Å². The largest absolute Gasteiger partial charge is 0.444 e. The SMILES string of the molecule is C[C@@H](NC(=O)c1cccs1)C(=O)N1CCN(C(=O)OC(C)(C)C)CC1. The molecule has 0 saturated carbocycles. The van der Waals surface area contributed by atoms with E-state index in [-0.39, 0.29) is 17.9 Å². The van der Waals surface area contributed by atoms with E-state index in [0.29, 0.717) is 31.1 Å². The van der Waals surface area contributed by atoms with Gasteiger partial charge in [0.25, 0.3) is 5.91 Å². The second kappa shape index (κ2) is 7.86. The van der Waals surface area contributed by atoms with Crippen molar-refractivity contribution in [3.63, 3.8) is 0 Å². The molecule has 0 radical (unpaired) electrons. The molecule has 8 heteroatoms. The van der Waals surface area contributed by atoms with E-state index in [1.165, 1.54) is 11.3 Å². The molecule has 138 valence electrons. The molecule has 2 rings (SSSR count). The topological polar surface area (TPSA) is 79.0 Å². The Labute approximate surface area is 151 Å². The van der Waals surface area contributed by atoms with Crippen LogP contribution in [-0.4, -0.2) is 65.5 Å². The molecule has 1 N–H and O–H groups in total. The lowest BCUT2D eigenvalue weighted by Gasteiger charge is -2.36. The van der Waals surface area contributed by atoms with Gasteiger partial charge < -0.3 is 19.9 Å². The van der Waals surface area contributed by atoms with Crippen molar-refractivity contribution in [3.8, 4) is 0 Å². The number of amides is 3. The smallest absolute Gasteiger partial charge is 0.410 e. The van der Waals surface area contributed by atoms with Gasteiger partial charge in [0, 0.05) is 26.2 Å². The Balaban J connectivity index is 1.82. The van der Waals surface area contributed by atoms with Gasteiger partial charge in [0.2, 0.25) is 5.91 Å². The maximum atomic E-state index is 12.5. The lowest BCUT2D eigenvalue weighted by Crippen LogP contribution is -2.55. The highest BCUT2D eigenvalue weighted by Gasteiger charge is 2.30. The zero-order valence-electron chi connectivity index (χ0n) is 15.1. The zero-order chi connectivity index (χ0) is 18.6. The molecule has 0 aliphatic carbocycles. The van der Waals surface area contributed by atoms with Gasteiger partial charge in [-0.05, 0) is 39.1 Å². The first-order chi connectivity index (χ1) is 11.7. The van der Waals surface area contributed by atoms with E-state index in [1.807, 2.05) is 26.2 Å². The molecule has 1 aliphatic heterocycles. The summed E-state index contributed by atoms with van der Waals surface area (Å²) in [6.45, 7) is 8.84. The number of nitrogens with one attached hydrogen (secondary N) is 1. The Kier molecular flexibility index (Phi) is 6.05. The van der Waals surface area contributed by atoms with Crippen LogP contribution in [0, 0.1) is 0 Å². The lowest BCUT2D eigenvalue weighted by molar-refractivity contribution is -0.134. The molecule has 0 spiro atoms. The number of hydrogen-bond donors (Lipinski definition) is 1. The second-order valence-corrected chi connectivity index (χ2v) is 7.91. The molecule has 3 amide bonds. The Morgan fingerprint density at radius 3 is 2.28 bits per heavy atom. The summed E-state index contributed by atoms with van der Waals surface area (Å²) in [5, 5.41) is 4.54. The Morgan fingerprint density at radius 1 is 1.16 bits per heavy atom. The van der Waals surface area contributed by atoms with Gasteiger partial charge in [-0.15, -0.1) is 11.3 Å². The van der Waals surface area contributed by atoms with Gasteiger partial charge in [0.05, 0.1) is 4.88 Å². The van der Waals surface area contributed by atoms with Crippen molar-refractivity contribution < 1.29 is 19.1 Å². The van der Waals surface area contributed by atoms with Crippen molar-refractivity contribution >= 4 is 29.2 Å². The van der Waals surface area contributed by atoms with Gasteiger partial charge in [-0.25, -0.2) is 4.79 Å². The van der Waals surface area contributed by atoms with Gasteiger partial charge in [-0.1, -0.05) is 6.07 Å². The molecular weight excluding hydrogens is 342 g/mol. The highest BCUT2D eigenvalue weighted by Crippen LogP contribution is 2.13. The van der Waals surface area contributed by atoms with Crippen LogP contribution in [0.2, 0.25) is 0 Å². The van der Waals surface area contributed by atoms with E-state index >= 15 is 0 Å². The summed E-state index contributed by atoms with van der Waals surface area (Å²) < 4.78 is 5.34. The van der Waals surface area contributed by atoms with E-state index in [1.54, 1.807) is 28.9 Å². The fourth-order valence-corrected chi connectivity index (χ4v) is 3.07. The summed E-state index contributed by atoms with van der Waals surface area (Å²) in [7, 11) is 0. The van der Waals surface area contributed by atoms with Crippen LogP contribution in [0.15, 0.2) is 17.5 Å². The standard InChI is InChI=1S/C17H25N3O4S/c1-12(18-14(21)13-6-5-11-25-13)15(22)19-7-9-20(10-8-19)16(23)24-17(2,3)4/h5-6,11-12H,7-10H2,1-4H3,(H,18,21)/t12-/m1/s1. The highest BCUT2D eigenvalue weighted by molar-refractivity contribution is 7.12. The van der Waals surface area contributed by atoms with Crippen LogP contribution >= 0.6 is 11.3 Å². The van der Waals surface area contributed by atoms with E-state index in [0.717, 1.165) is 0 Å². The first-order valence-electron chi connectivity index (χ1n) is 8.28. The third-order valence-corrected chi connectivity index (χ3v) is 4.57.